The van der Waals surface area contributed by atoms with E-state index in [1.165, 1.54) is 5.39 Å². The summed E-state index contributed by atoms with van der Waals surface area (Å²) in [6.45, 7) is 0. The van der Waals surface area contributed by atoms with Gasteiger partial charge < -0.3 is 4.57 Å². The Morgan fingerprint density at radius 2 is 0.952 bits per heavy atom. The van der Waals surface area contributed by atoms with E-state index >= 15 is 0 Å². The Kier molecular flexibility index (Phi) is 8.42. The van der Waals surface area contributed by atoms with Crippen molar-refractivity contribution in [1.82, 2.24) is 24.1 Å². The first-order valence-corrected chi connectivity index (χ1v) is 21.0. The van der Waals surface area contributed by atoms with Crippen LogP contribution in [0.4, 0.5) is 0 Å². The molecule has 0 aliphatic heterocycles. The van der Waals surface area contributed by atoms with Crippen LogP contribution < -0.4 is 0 Å². The zero-order valence-corrected chi connectivity index (χ0v) is 33.6. The highest BCUT2D eigenvalue weighted by atomic mass is 15.2. The lowest BCUT2D eigenvalue weighted by Crippen LogP contribution is -1.97. The molecule has 12 aromatic rings. The van der Waals surface area contributed by atoms with Gasteiger partial charge in [0.15, 0.2) is 5.82 Å². The van der Waals surface area contributed by atoms with Crippen molar-refractivity contribution in [3.8, 4) is 73.2 Å². The van der Waals surface area contributed by atoms with Gasteiger partial charge in [-0.05, 0) is 53.4 Å². The minimum Gasteiger partial charge on any atom is -0.309 e. The minimum atomic E-state index is 0.671. The van der Waals surface area contributed by atoms with E-state index in [2.05, 4.69) is 227 Å². The summed E-state index contributed by atoms with van der Waals surface area (Å²) >= 11 is 0. The molecule has 0 atom stereocenters. The third-order valence-electron chi connectivity index (χ3n) is 11.9. The van der Waals surface area contributed by atoms with Crippen molar-refractivity contribution in [3.05, 3.63) is 224 Å². The molecule has 0 N–H and O–H groups in total. The molecule has 0 fully saturated rings. The zero-order valence-electron chi connectivity index (χ0n) is 33.6. The van der Waals surface area contributed by atoms with E-state index in [0.717, 1.165) is 100 Å². The van der Waals surface area contributed by atoms with E-state index in [4.69, 9.17) is 15.1 Å². The molecule has 5 heteroatoms. The number of nitrogens with zero attached hydrogens (tertiary/aromatic N) is 5. The summed E-state index contributed by atoms with van der Waals surface area (Å²) in [4.78, 5) is 10.8. The van der Waals surface area contributed by atoms with E-state index in [-0.39, 0.29) is 0 Å². The molecule has 4 heterocycles. The van der Waals surface area contributed by atoms with Gasteiger partial charge in [0.25, 0.3) is 0 Å². The molecule has 0 aliphatic carbocycles. The van der Waals surface area contributed by atoms with Crippen molar-refractivity contribution in [1.29, 1.82) is 0 Å². The second kappa shape index (κ2) is 14.7. The molecule has 290 valence electrons. The fraction of sp³-hybridized carbons (Fsp3) is 0. The third-order valence-corrected chi connectivity index (χ3v) is 11.9. The number of hydrogen-bond acceptors (Lipinski definition) is 3. The Hall–Kier alpha value is -8.41. The van der Waals surface area contributed by atoms with Crippen molar-refractivity contribution in [3.63, 3.8) is 0 Å². The molecule has 0 aliphatic rings. The van der Waals surface area contributed by atoms with E-state index in [9.17, 15) is 0 Å². The molecule has 0 amide bonds. The van der Waals surface area contributed by atoms with Crippen LogP contribution in [0.3, 0.4) is 0 Å². The quantitative estimate of drug-likeness (QED) is 0.162. The summed E-state index contributed by atoms with van der Waals surface area (Å²) in [6.07, 6.45) is 0. The van der Waals surface area contributed by atoms with Crippen LogP contribution in [0, 0.1) is 0 Å². The van der Waals surface area contributed by atoms with Gasteiger partial charge in [-0.3, -0.25) is 0 Å². The fourth-order valence-electron chi connectivity index (χ4n) is 9.14. The van der Waals surface area contributed by atoms with E-state index in [1.807, 2.05) is 6.07 Å². The van der Waals surface area contributed by atoms with Gasteiger partial charge in [0.05, 0.1) is 33.6 Å². The monoisotopic (exact) mass is 791 g/mol. The normalized spacial score (nSPS) is 11.5. The first-order valence-electron chi connectivity index (χ1n) is 21.0. The molecule has 0 radical (unpaired) electrons. The number of pyridine rings is 1. The average molecular weight is 792 g/mol. The van der Waals surface area contributed by atoms with E-state index in [1.54, 1.807) is 0 Å². The van der Waals surface area contributed by atoms with Crippen LogP contribution in [0.25, 0.3) is 111 Å². The second-order valence-corrected chi connectivity index (χ2v) is 15.6. The van der Waals surface area contributed by atoms with Crippen molar-refractivity contribution >= 4 is 38.1 Å². The van der Waals surface area contributed by atoms with Crippen molar-refractivity contribution in [2.24, 2.45) is 0 Å². The second-order valence-electron chi connectivity index (χ2n) is 15.6. The number of para-hydroxylation sites is 2. The van der Waals surface area contributed by atoms with Crippen LogP contribution >= 0.6 is 0 Å². The largest absolute Gasteiger partial charge is 0.309 e. The van der Waals surface area contributed by atoms with Gasteiger partial charge in [-0.15, -0.1) is 0 Å². The Morgan fingerprint density at radius 1 is 0.387 bits per heavy atom. The van der Waals surface area contributed by atoms with Crippen LogP contribution in [0.2, 0.25) is 0 Å². The highest BCUT2D eigenvalue weighted by Gasteiger charge is 2.23. The summed E-state index contributed by atoms with van der Waals surface area (Å²) in [5, 5.41) is 10.1. The van der Waals surface area contributed by atoms with Crippen molar-refractivity contribution in [2.45, 2.75) is 0 Å². The smallest absolute Gasteiger partial charge is 0.161 e. The molecular formula is C57H37N5. The molecule has 62 heavy (non-hydrogen) atoms. The maximum absolute atomic E-state index is 5.52. The van der Waals surface area contributed by atoms with Gasteiger partial charge >= 0.3 is 0 Å². The maximum Gasteiger partial charge on any atom is 0.161 e. The van der Waals surface area contributed by atoms with Gasteiger partial charge in [0, 0.05) is 55.2 Å². The molecular weight excluding hydrogens is 755 g/mol. The molecule has 12 rings (SSSR count). The lowest BCUT2D eigenvalue weighted by Gasteiger charge is -2.12. The molecule has 4 aromatic heterocycles. The number of fused-ring (bicyclic) bond motifs is 6. The van der Waals surface area contributed by atoms with Gasteiger partial charge in [-0.2, -0.15) is 5.10 Å². The van der Waals surface area contributed by atoms with Crippen molar-refractivity contribution in [2.75, 3.05) is 0 Å². The summed E-state index contributed by atoms with van der Waals surface area (Å²) in [5.74, 6) is 0.671. The third kappa shape index (κ3) is 5.90. The highest BCUT2D eigenvalue weighted by Crippen LogP contribution is 2.43. The fourth-order valence-corrected chi connectivity index (χ4v) is 9.14. The van der Waals surface area contributed by atoms with Gasteiger partial charge in [-0.1, -0.05) is 182 Å². The maximum atomic E-state index is 5.52. The Labute approximate surface area is 358 Å². The summed E-state index contributed by atoms with van der Waals surface area (Å²) in [7, 11) is 0. The predicted molar refractivity (Wildman–Crippen MR) is 255 cm³/mol. The molecule has 0 saturated carbocycles. The lowest BCUT2D eigenvalue weighted by atomic mass is 9.95. The Balaban J connectivity index is 1.10. The standard InChI is InChI=1S/C57H37N5/c1-5-19-38(20-6-1)48-37-49(59-57(58-48)47-32-18-34-51-54(47)46-31-15-16-33-50(46)61(51)44-28-11-4-12-29-44)42-26-17-27-43(35-42)55-53(40-23-9-3-10-24-40)56-45-30-14-13-25-41(45)36-52(62(56)60-55)39-21-7-2-8-22-39/h1-37H. The van der Waals surface area contributed by atoms with Crippen LogP contribution in [0.5, 0.6) is 0 Å². The van der Waals surface area contributed by atoms with Gasteiger partial charge in [0.1, 0.15) is 5.69 Å². The topological polar surface area (TPSA) is 48.0 Å². The van der Waals surface area contributed by atoms with Crippen LogP contribution in [-0.4, -0.2) is 24.1 Å². The zero-order chi connectivity index (χ0) is 41.0. The number of benzene rings is 8. The average Bonchev–Trinajstić information content (AvgIpc) is 3.92. The Bertz CT molecular complexity index is 3610. The Morgan fingerprint density at radius 3 is 1.71 bits per heavy atom. The summed E-state index contributed by atoms with van der Waals surface area (Å²) in [5.41, 5.74) is 15.4. The molecule has 0 saturated heterocycles. The molecule has 5 nitrogen and oxygen atoms in total. The molecule has 0 unspecified atom stereocenters. The van der Waals surface area contributed by atoms with Crippen molar-refractivity contribution < 1.29 is 0 Å². The summed E-state index contributed by atoms with van der Waals surface area (Å²) < 4.78 is 4.48. The number of hydrogen-bond donors (Lipinski definition) is 0. The number of rotatable bonds is 7. The first kappa shape index (κ1) is 35.5. The molecule has 8 aromatic carbocycles. The minimum absolute atomic E-state index is 0.671. The van der Waals surface area contributed by atoms with Crippen LogP contribution in [0.1, 0.15) is 0 Å². The van der Waals surface area contributed by atoms with Gasteiger partial charge in [0.2, 0.25) is 0 Å². The highest BCUT2D eigenvalue weighted by molar-refractivity contribution is 6.15. The molecule has 0 bridgehead atoms. The van der Waals surface area contributed by atoms with Crippen LogP contribution in [-0.2, 0) is 0 Å². The van der Waals surface area contributed by atoms with E-state index < -0.39 is 0 Å². The molecule has 0 spiro atoms. The SMILES string of the molecule is c1ccc(-c2cc(-c3cccc(-c4nn5c(-c6ccccc6)cc6ccccc6c5c4-c4ccccc4)c3)nc(-c3cccc4c3c3ccccc3n4-c3ccccc3)n2)cc1. The summed E-state index contributed by atoms with van der Waals surface area (Å²) in [6, 6.07) is 78.9. The van der Waals surface area contributed by atoms with E-state index in [0.29, 0.717) is 5.82 Å². The predicted octanol–water partition coefficient (Wildman–Crippen LogP) is 14.4. The van der Waals surface area contributed by atoms with Crippen LogP contribution in [0.15, 0.2) is 224 Å². The number of aromatic nitrogens is 5. The first-order chi connectivity index (χ1) is 30.8. The lowest BCUT2D eigenvalue weighted by molar-refractivity contribution is 0.979. The van der Waals surface area contributed by atoms with Gasteiger partial charge in [-0.25, -0.2) is 14.5 Å².